The highest BCUT2D eigenvalue weighted by molar-refractivity contribution is 6.09. The lowest BCUT2D eigenvalue weighted by Crippen LogP contribution is -2.05. The van der Waals surface area contributed by atoms with E-state index in [0.717, 1.165) is 50.8 Å². The highest BCUT2D eigenvalue weighted by Crippen LogP contribution is 2.34. The topological polar surface area (TPSA) is 4.93 Å². The molecule has 0 bridgehead atoms. The first-order valence-corrected chi connectivity index (χ1v) is 8.04. The third kappa shape index (κ3) is 2.58. The van der Waals surface area contributed by atoms with E-state index >= 15 is 0 Å². The van der Waals surface area contributed by atoms with Crippen molar-refractivity contribution < 1.29 is 13.2 Å². The molecule has 1 heterocycles. The van der Waals surface area contributed by atoms with Crippen molar-refractivity contribution in [1.29, 1.82) is 0 Å². The molecular formula is C21H16F3N. The van der Waals surface area contributed by atoms with Crippen molar-refractivity contribution in [3.63, 3.8) is 0 Å². The summed E-state index contributed by atoms with van der Waals surface area (Å²) in [6.45, 7) is 4.05. The Labute approximate surface area is 143 Å². The first-order chi connectivity index (χ1) is 11.8. The number of fused-ring (bicyclic) bond motifs is 3. The van der Waals surface area contributed by atoms with Gasteiger partial charge in [0, 0.05) is 16.5 Å². The number of hydrogen-bond donors (Lipinski definition) is 0. The van der Waals surface area contributed by atoms with Gasteiger partial charge in [-0.2, -0.15) is 13.2 Å². The molecule has 0 saturated heterocycles. The number of alkyl halides is 3. The summed E-state index contributed by atoms with van der Waals surface area (Å²) < 4.78 is 40.6. The number of nitrogens with zero attached hydrogens (tertiary/aromatic N) is 1. The van der Waals surface area contributed by atoms with Gasteiger partial charge < -0.3 is 4.57 Å². The van der Waals surface area contributed by atoms with Crippen LogP contribution in [0.1, 0.15) is 16.7 Å². The zero-order chi connectivity index (χ0) is 17.8. The Morgan fingerprint density at radius 1 is 0.680 bits per heavy atom. The zero-order valence-electron chi connectivity index (χ0n) is 13.9. The van der Waals surface area contributed by atoms with Gasteiger partial charge in [0.2, 0.25) is 0 Å². The molecule has 126 valence electrons. The third-order valence-electron chi connectivity index (χ3n) is 4.53. The lowest BCUT2D eigenvalue weighted by molar-refractivity contribution is -0.137. The van der Waals surface area contributed by atoms with Crippen molar-refractivity contribution >= 4 is 21.8 Å². The van der Waals surface area contributed by atoms with Gasteiger partial charge >= 0.3 is 6.18 Å². The second-order valence-electron chi connectivity index (χ2n) is 6.42. The lowest BCUT2D eigenvalue weighted by Gasteiger charge is -2.11. The average molecular weight is 339 g/mol. The minimum Gasteiger partial charge on any atom is -0.309 e. The van der Waals surface area contributed by atoms with E-state index in [1.807, 2.05) is 30.5 Å². The molecular weight excluding hydrogens is 323 g/mol. The molecule has 4 aromatic rings. The van der Waals surface area contributed by atoms with Crippen LogP contribution in [-0.2, 0) is 6.18 Å². The summed E-state index contributed by atoms with van der Waals surface area (Å²) in [5.41, 5.74) is 4.34. The van der Waals surface area contributed by atoms with Crippen molar-refractivity contribution in [2.45, 2.75) is 20.0 Å². The van der Waals surface area contributed by atoms with E-state index < -0.39 is 11.7 Å². The first-order valence-electron chi connectivity index (χ1n) is 8.04. The van der Waals surface area contributed by atoms with E-state index in [1.54, 1.807) is 0 Å². The quantitative estimate of drug-likeness (QED) is 0.377. The molecule has 4 heteroatoms. The van der Waals surface area contributed by atoms with E-state index in [9.17, 15) is 13.2 Å². The van der Waals surface area contributed by atoms with Crippen LogP contribution in [0.25, 0.3) is 27.5 Å². The van der Waals surface area contributed by atoms with Crippen LogP contribution in [0.2, 0.25) is 0 Å². The fourth-order valence-electron chi connectivity index (χ4n) is 3.32. The molecule has 0 fully saturated rings. The normalized spacial score (nSPS) is 12.2. The van der Waals surface area contributed by atoms with Gasteiger partial charge in [-0.1, -0.05) is 23.8 Å². The van der Waals surface area contributed by atoms with E-state index in [-0.39, 0.29) is 0 Å². The standard InChI is InChI=1S/C21H16F3N/c1-13-4-10-19-18(11-13)17-9-3-14(2)12-20(17)25(19)16-7-5-15(6-8-16)21(22,23)24/h3-12H,1-2H3. The molecule has 0 aliphatic heterocycles. The highest BCUT2D eigenvalue weighted by Gasteiger charge is 2.30. The average Bonchev–Trinajstić information content (AvgIpc) is 2.86. The molecule has 1 nitrogen and oxygen atoms in total. The molecule has 0 N–H and O–H groups in total. The highest BCUT2D eigenvalue weighted by atomic mass is 19.4. The Morgan fingerprint density at radius 3 is 2.00 bits per heavy atom. The summed E-state index contributed by atoms with van der Waals surface area (Å²) in [6.07, 6.45) is -4.33. The molecule has 25 heavy (non-hydrogen) atoms. The Bertz CT molecular complexity index is 1090. The first kappa shape index (κ1) is 15.8. The molecule has 0 spiro atoms. The molecule has 0 unspecified atom stereocenters. The Balaban J connectivity index is 2.04. The van der Waals surface area contributed by atoms with Crippen LogP contribution in [0, 0.1) is 13.8 Å². The maximum atomic E-state index is 12.9. The predicted molar refractivity (Wildman–Crippen MR) is 95.3 cm³/mol. The van der Waals surface area contributed by atoms with Gasteiger partial charge in [0.15, 0.2) is 0 Å². The minimum atomic E-state index is -4.33. The van der Waals surface area contributed by atoms with Crippen molar-refractivity contribution in [2.75, 3.05) is 0 Å². The zero-order valence-corrected chi connectivity index (χ0v) is 13.9. The van der Waals surface area contributed by atoms with Gasteiger partial charge in [0.25, 0.3) is 0 Å². The van der Waals surface area contributed by atoms with Gasteiger partial charge in [0.05, 0.1) is 16.6 Å². The Hall–Kier alpha value is -2.75. The summed E-state index contributed by atoms with van der Waals surface area (Å²) in [6, 6.07) is 17.7. The molecule has 3 aromatic carbocycles. The molecule has 0 atom stereocenters. The van der Waals surface area contributed by atoms with Crippen molar-refractivity contribution in [3.05, 3.63) is 77.4 Å². The van der Waals surface area contributed by atoms with Crippen LogP contribution in [0.3, 0.4) is 0 Å². The molecule has 1 aromatic heterocycles. The van der Waals surface area contributed by atoms with Crippen LogP contribution >= 0.6 is 0 Å². The molecule has 0 aliphatic rings. The fourth-order valence-corrected chi connectivity index (χ4v) is 3.32. The van der Waals surface area contributed by atoms with E-state index in [4.69, 9.17) is 0 Å². The Morgan fingerprint density at radius 2 is 1.32 bits per heavy atom. The number of halogens is 3. The summed E-state index contributed by atoms with van der Waals surface area (Å²) in [5, 5.41) is 2.21. The van der Waals surface area contributed by atoms with Crippen molar-refractivity contribution in [2.24, 2.45) is 0 Å². The smallest absolute Gasteiger partial charge is 0.309 e. The number of benzene rings is 3. The fraction of sp³-hybridized carbons (Fsp3) is 0.143. The lowest BCUT2D eigenvalue weighted by atomic mass is 10.1. The maximum absolute atomic E-state index is 12.9. The summed E-state index contributed by atoms with van der Waals surface area (Å²) in [7, 11) is 0. The van der Waals surface area contributed by atoms with Gasteiger partial charge in [-0.15, -0.1) is 0 Å². The molecule has 0 saturated carbocycles. The van der Waals surface area contributed by atoms with E-state index in [1.165, 1.54) is 12.1 Å². The number of aromatic nitrogens is 1. The van der Waals surface area contributed by atoms with Crippen LogP contribution in [0.5, 0.6) is 0 Å². The monoisotopic (exact) mass is 339 g/mol. The van der Waals surface area contributed by atoms with Crippen molar-refractivity contribution in [3.8, 4) is 5.69 Å². The summed E-state index contributed by atoms with van der Waals surface area (Å²) >= 11 is 0. The maximum Gasteiger partial charge on any atom is 0.416 e. The summed E-state index contributed by atoms with van der Waals surface area (Å²) in [5.74, 6) is 0. The third-order valence-corrected chi connectivity index (χ3v) is 4.53. The van der Waals surface area contributed by atoms with E-state index in [2.05, 4.69) is 24.3 Å². The van der Waals surface area contributed by atoms with Crippen LogP contribution in [0.15, 0.2) is 60.7 Å². The van der Waals surface area contributed by atoms with Gasteiger partial charge in [-0.25, -0.2) is 0 Å². The van der Waals surface area contributed by atoms with Crippen LogP contribution in [0.4, 0.5) is 13.2 Å². The van der Waals surface area contributed by atoms with E-state index in [0.29, 0.717) is 0 Å². The second-order valence-corrected chi connectivity index (χ2v) is 6.42. The van der Waals surface area contributed by atoms with Crippen LogP contribution in [-0.4, -0.2) is 4.57 Å². The van der Waals surface area contributed by atoms with Gasteiger partial charge in [-0.3, -0.25) is 0 Å². The molecule has 4 rings (SSSR count). The summed E-state index contributed by atoms with van der Waals surface area (Å²) in [4.78, 5) is 0. The largest absolute Gasteiger partial charge is 0.416 e. The molecule has 0 aliphatic carbocycles. The predicted octanol–water partition coefficient (Wildman–Crippen LogP) is 6.42. The molecule has 0 radical (unpaired) electrons. The SMILES string of the molecule is Cc1ccc2c(c1)c1ccc(C)cc1n2-c1ccc(C(F)(F)F)cc1. The van der Waals surface area contributed by atoms with Crippen LogP contribution < -0.4 is 0 Å². The Kier molecular flexibility index (Phi) is 3.39. The minimum absolute atomic E-state index is 0.635. The molecule has 0 amide bonds. The van der Waals surface area contributed by atoms with Gasteiger partial charge in [-0.05, 0) is 61.9 Å². The number of hydrogen-bond acceptors (Lipinski definition) is 0. The van der Waals surface area contributed by atoms with Crippen molar-refractivity contribution in [1.82, 2.24) is 4.57 Å². The number of aryl methyl sites for hydroxylation is 2. The number of rotatable bonds is 1. The van der Waals surface area contributed by atoms with Gasteiger partial charge in [0.1, 0.15) is 0 Å². The second kappa shape index (κ2) is 5.38.